The molecule has 2 heterocycles. The predicted octanol–water partition coefficient (Wildman–Crippen LogP) is 0.249. The third-order valence-electron chi connectivity index (χ3n) is 6.10. The van der Waals surface area contributed by atoms with E-state index >= 15 is 0 Å². The second-order valence-electron chi connectivity index (χ2n) is 7.05. The molecule has 0 spiro atoms. The molecular weight excluding hydrogens is 260 g/mol. The average Bonchev–Trinajstić information content (AvgIpc) is 3.06. The van der Waals surface area contributed by atoms with E-state index in [1.54, 1.807) is 0 Å². The highest BCUT2D eigenvalue weighted by Crippen LogP contribution is 2.62. The molecule has 4 rings (SSSR count). The van der Waals surface area contributed by atoms with E-state index in [-0.39, 0.29) is 30.1 Å². The molecule has 0 unspecified atom stereocenters. The minimum Gasteiger partial charge on any atom is -0.458 e. The van der Waals surface area contributed by atoms with Gasteiger partial charge in [-0.25, -0.2) is 4.79 Å². The number of carbonyl (C=O) groups excluding carboxylic acids is 1. The van der Waals surface area contributed by atoms with E-state index in [2.05, 4.69) is 13.5 Å². The highest BCUT2D eigenvalue weighted by atomic mass is 16.6. The van der Waals surface area contributed by atoms with Crippen LogP contribution in [0.2, 0.25) is 0 Å². The second-order valence-corrected chi connectivity index (χ2v) is 7.05. The Morgan fingerprint density at radius 1 is 1.30 bits per heavy atom. The van der Waals surface area contributed by atoms with Crippen molar-refractivity contribution in [2.45, 2.75) is 50.8 Å². The minimum absolute atomic E-state index is 0.0300. The second kappa shape index (κ2) is 3.64. The molecule has 5 heteroatoms. The molecule has 0 aromatic rings. The average molecular weight is 280 g/mol. The van der Waals surface area contributed by atoms with Crippen LogP contribution >= 0.6 is 0 Å². The van der Waals surface area contributed by atoms with Gasteiger partial charge in [0.15, 0.2) is 0 Å². The van der Waals surface area contributed by atoms with Crippen LogP contribution in [-0.2, 0) is 14.3 Å². The fourth-order valence-electron chi connectivity index (χ4n) is 5.03. The van der Waals surface area contributed by atoms with Gasteiger partial charge in [-0.2, -0.15) is 0 Å². The van der Waals surface area contributed by atoms with Crippen molar-refractivity contribution in [2.75, 3.05) is 0 Å². The largest absolute Gasteiger partial charge is 0.458 e. The highest BCUT2D eigenvalue weighted by molar-refractivity contribution is 5.91. The lowest BCUT2D eigenvalue weighted by Gasteiger charge is -2.42. The van der Waals surface area contributed by atoms with Crippen molar-refractivity contribution in [2.24, 2.45) is 23.2 Å². The first-order valence-corrected chi connectivity index (χ1v) is 7.28. The van der Waals surface area contributed by atoms with Gasteiger partial charge in [-0.3, -0.25) is 0 Å². The molecule has 2 N–H and O–H groups in total. The molecular formula is C15H20O5. The zero-order valence-electron chi connectivity index (χ0n) is 11.7. The molecule has 20 heavy (non-hydrogen) atoms. The molecule has 2 aliphatic heterocycles. The van der Waals surface area contributed by atoms with Gasteiger partial charge in [0.05, 0.1) is 24.2 Å². The van der Waals surface area contributed by atoms with Crippen molar-refractivity contribution in [1.29, 1.82) is 0 Å². The first-order chi connectivity index (χ1) is 9.37. The molecule has 9 atom stereocenters. The van der Waals surface area contributed by atoms with Crippen molar-refractivity contribution >= 4 is 5.97 Å². The summed E-state index contributed by atoms with van der Waals surface area (Å²) in [7, 11) is 0. The van der Waals surface area contributed by atoms with Gasteiger partial charge in [-0.05, 0) is 12.3 Å². The third-order valence-corrected chi connectivity index (χ3v) is 6.10. The summed E-state index contributed by atoms with van der Waals surface area (Å²) >= 11 is 0. The van der Waals surface area contributed by atoms with E-state index < -0.39 is 29.5 Å². The van der Waals surface area contributed by atoms with Gasteiger partial charge in [0.2, 0.25) is 0 Å². The van der Waals surface area contributed by atoms with Crippen LogP contribution in [0.5, 0.6) is 0 Å². The zero-order valence-corrected chi connectivity index (χ0v) is 11.7. The molecule has 2 aliphatic carbocycles. The van der Waals surface area contributed by atoms with Gasteiger partial charge in [0, 0.05) is 16.9 Å². The first-order valence-electron chi connectivity index (χ1n) is 7.28. The number of aliphatic hydroxyl groups is 2. The topological polar surface area (TPSA) is 79.3 Å². The Labute approximate surface area is 117 Å². The van der Waals surface area contributed by atoms with Crippen LogP contribution < -0.4 is 0 Å². The Hall–Kier alpha value is -0.910. The summed E-state index contributed by atoms with van der Waals surface area (Å²) in [5.74, 6) is -0.514. The molecule has 0 bridgehead atoms. The molecule has 0 aromatic heterocycles. The summed E-state index contributed by atoms with van der Waals surface area (Å²) in [6.07, 6.45) is -1.30. The maximum absolute atomic E-state index is 11.7. The molecule has 4 aliphatic rings. The molecule has 4 fully saturated rings. The van der Waals surface area contributed by atoms with Crippen molar-refractivity contribution in [3.8, 4) is 0 Å². The number of esters is 1. The van der Waals surface area contributed by atoms with Crippen LogP contribution in [0, 0.1) is 23.2 Å². The third kappa shape index (κ3) is 1.27. The van der Waals surface area contributed by atoms with Crippen LogP contribution in [0.1, 0.15) is 20.3 Å². The van der Waals surface area contributed by atoms with Crippen molar-refractivity contribution in [3.63, 3.8) is 0 Å². The zero-order chi connectivity index (χ0) is 14.4. The molecule has 2 saturated carbocycles. The standard InChI is InChI=1S/C15H20O5/c1-5-4-7-8(6(2)14(18)19-7)12(16)15(3)9(5)10-11(20-10)13(15)17/h5,7-13,16-17H,2,4H2,1,3H3/t5-,7-,8-,9-,10+,11+,12+,13+,15-/m1/s1. The number of rotatable bonds is 0. The van der Waals surface area contributed by atoms with Gasteiger partial charge in [-0.1, -0.05) is 20.4 Å². The molecule has 5 nitrogen and oxygen atoms in total. The number of epoxide rings is 1. The van der Waals surface area contributed by atoms with Crippen LogP contribution in [0.15, 0.2) is 12.2 Å². The van der Waals surface area contributed by atoms with E-state index in [0.717, 1.165) is 0 Å². The van der Waals surface area contributed by atoms with E-state index in [1.807, 2.05) is 6.92 Å². The number of ether oxygens (including phenoxy) is 2. The fraction of sp³-hybridized carbons (Fsp3) is 0.800. The van der Waals surface area contributed by atoms with Gasteiger partial charge in [0.25, 0.3) is 0 Å². The first kappa shape index (κ1) is 12.8. The van der Waals surface area contributed by atoms with Crippen LogP contribution in [0.4, 0.5) is 0 Å². The van der Waals surface area contributed by atoms with Gasteiger partial charge < -0.3 is 19.7 Å². The van der Waals surface area contributed by atoms with Crippen LogP contribution in [0.3, 0.4) is 0 Å². The summed E-state index contributed by atoms with van der Waals surface area (Å²) in [5, 5.41) is 21.4. The summed E-state index contributed by atoms with van der Waals surface area (Å²) in [4.78, 5) is 11.7. The SMILES string of the molecule is C=C1C(=O)O[C@@H]2C[C@@H](C)[C@@H]3[C@@H]4O[C@@H]4[C@H](O)[C@@]3(C)[C@@H](O)[C@H]12. The van der Waals surface area contributed by atoms with Crippen molar-refractivity contribution < 1.29 is 24.5 Å². The van der Waals surface area contributed by atoms with Gasteiger partial charge in [-0.15, -0.1) is 0 Å². The Balaban J connectivity index is 1.79. The van der Waals surface area contributed by atoms with E-state index in [1.165, 1.54) is 0 Å². The lowest BCUT2D eigenvalue weighted by molar-refractivity contribution is -0.140. The monoisotopic (exact) mass is 280 g/mol. The predicted molar refractivity (Wildman–Crippen MR) is 68.6 cm³/mol. The van der Waals surface area contributed by atoms with E-state index in [0.29, 0.717) is 12.0 Å². The Morgan fingerprint density at radius 2 is 2.00 bits per heavy atom. The minimum atomic E-state index is -0.826. The fourth-order valence-corrected chi connectivity index (χ4v) is 5.03. The van der Waals surface area contributed by atoms with Crippen molar-refractivity contribution in [1.82, 2.24) is 0 Å². The maximum Gasteiger partial charge on any atom is 0.334 e. The molecule has 0 amide bonds. The molecule has 110 valence electrons. The van der Waals surface area contributed by atoms with Crippen LogP contribution in [-0.4, -0.2) is 46.7 Å². The molecule has 0 aromatic carbocycles. The van der Waals surface area contributed by atoms with Crippen LogP contribution in [0.25, 0.3) is 0 Å². The summed E-state index contributed by atoms with van der Waals surface area (Å²) in [6, 6.07) is 0. The van der Waals surface area contributed by atoms with Gasteiger partial charge >= 0.3 is 5.97 Å². The Morgan fingerprint density at radius 3 is 2.70 bits per heavy atom. The number of hydrogen-bond acceptors (Lipinski definition) is 5. The molecule has 0 radical (unpaired) electrons. The maximum atomic E-state index is 11.7. The summed E-state index contributed by atoms with van der Waals surface area (Å²) in [6.45, 7) is 7.79. The smallest absolute Gasteiger partial charge is 0.334 e. The molecule has 2 saturated heterocycles. The Bertz CT molecular complexity index is 502. The number of carbonyl (C=O) groups is 1. The number of hydrogen-bond donors (Lipinski definition) is 2. The lowest BCUT2D eigenvalue weighted by atomic mass is 9.66. The Kier molecular flexibility index (Phi) is 2.33. The normalized spacial score (nSPS) is 60.4. The van der Waals surface area contributed by atoms with Gasteiger partial charge in [0.1, 0.15) is 12.2 Å². The van der Waals surface area contributed by atoms with Crippen molar-refractivity contribution in [3.05, 3.63) is 12.2 Å². The number of aliphatic hydroxyl groups excluding tert-OH is 2. The summed E-state index contributed by atoms with van der Waals surface area (Å²) < 4.78 is 10.9. The quantitative estimate of drug-likeness (QED) is 0.378. The van der Waals surface area contributed by atoms with E-state index in [9.17, 15) is 15.0 Å². The summed E-state index contributed by atoms with van der Waals surface area (Å²) in [5.41, 5.74) is -0.325. The number of fused-ring (bicyclic) bond motifs is 4. The van der Waals surface area contributed by atoms with E-state index in [4.69, 9.17) is 9.47 Å². The highest BCUT2D eigenvalue weighted by Gasteiger charge is 2.73. The lowest BCUT2D eigenvalue weighted by Crippen LogP contribution is -2.51.